The predicted octanol–water partition coefficient (Wildman–Crippen LogP) is 3.67. The van der Waals surface area contributed by atoms with Gasteiger partial charge in [0.2, 0.25) is 10.0 Å². The number of rotatable bonds is 6. The minimum atomic E-state index is -3.72. The van der Waals surface area contributed by atoms with E-state index in [9.17, 15) is 13.2 Å². The van der Waals surface area contributed by atoms with Crippen molar-refractivity contribution in [3.05, 3.63) is 88.1 Å². The molecule has 1 N–H and O–H groups in total. The summed E-state index contributed by atoms with van der Waals surface area (Å²) in [5.41, 5.74) is 4.86. The van der Waals surface area contributed by atoms with Crippen molar-refractivity contribution >= 4 is 44.7 Å². The summed E-state index contributed by atoms with van der Waals surface area (Å²) in [5, 5.41) is 5.99. The highest BCUT2D eigenvalue weighted by molar-refractivity contribution is 7.99. The summed E-state index contributed by atoms with van der Waals surface area (Å²) in [6, 6.07) is 20.6. The van der Waals surface area contributed by atoms with Crippen LogP contribution in [0.3, 0.4) is 0 Å². The minimum Gasteiger partial charge on any atom is -0.266 e. The van der Waals surface area contributed by atoms with E-state index in [0.29, 0.717) is 18.8 Å². The van der Waals surface area contributed by atoms with Gasteiger partial charge in [-0.1, -0.05) is 60.7 Å². The van der Waals surface area contributed by atoms with Crippen molar-refractivity contribution in [2.45, 2.75) is 4.90 Å². The van der Waals surface area contributed by atoms with E-state index in [1.54, 1.807) is 17.1 Å². The molecule has 2 aromatic carbocycles. The standard InChI is InChI=1S/C22H21N3O3S3/c26-22(21-19(11-14-30-21)31(27,28)25-12-15-29-16-13-25)24-23-20(17-7-3-1-4-8-17)18-9-5-2-6-10-18/h1-11,14H,12-13,15-16H2,(H,24,26). The number of hydrogen-bond donors (Lipinski definition) is 1. The first-order chi connectivity index (χ1) is 15.1. The van der Waals surface area contributed by atoms with Crippen molar-refractivity contribution in [1.29, 1.82) is 0 Å². The van der Waals surface area contributed by atoms with Gasteiger partial charge in [0.05, 0.1) is 5.71 Å². The topological polar surface area (TPSA) is 78.8 Å². The molecule has 1 aliphatic heterocycles. The number of hydrogen-bond acceptors (Lipinski definition) is 6. The van der Waals surface area contributed by atoms with Crippen molar-refractivity contribution < 1.29 is 13.2 Å². The molecule has 1 fully saturated rings. The third-order valence-electron chi connectivity index (χ3n) is 4.79. The Labute approximate surface area is 190 Å². The molecule has 1 saturated heterocycles. The molecule has 0 atom stereocenters. The fourth-order valence-corrected chi connectivity index (χ4v) is 7.10. The molecule has 9 heteroatoms. The fourth-order valence-electron chi connectivity index (χ4n) is 3.24. The van der Waals surface area contributed by atoms with Gasteiger partial charge in [-0.05, 0) is 11.4 Å². The first-order valence-electron chi connectivity index (χ1n) is 9.71. The number of benzene rings is 2. The number of carbonyl (C=O) groups is 1. The van der Waals surface area contributed by atoms with Crippen LogP contribution < -0.4 is 5.43 Å². The van der Waals surface area contributed by atoms with Crippen LogP contribution in [0.25, 0.3) is 0 Å². The Balaban J connectivity index is 1.62. The Bertz CT molecular complexity index is 1130. The third kappa shape index (κ3) is 4.90. The Kier molecular flexibility index (Phi) is 6.86. The van der Waals surface area contributed by atoms with E-state index in [1.807, 2.05) is 60.7 Å². The van der Waals surface area contributed by atoms with Crippen LogP contribution in [0.15, 0.2) is 82.1 Å². The molecule has 3 aromatic rings. The molecule has 6 nitrogen and oxygen atoms in total. The molecular formula is C22H21N3O3S3. The van der Waals surface area contributed by atoms with Gasteiger partial charge >= 0.3 is 0 Å². The fraction of sp³-hybridized carbons (Fsp3) is 0.182. The molecule has 160 valence electrons. The minimum absolute atomic E-state index is 0.0399. The van der Waals surface area contributed by atoms with E-state index >= 15 is 0 Å². The Morgan fingerprint density at radius 1 is 0.903 bits per heavy atom. The summed E-state index contributed by atoms with van der Waals surface area (Å²) >= 11 is 2.83. The Morgan fingerprint density at radius 3 is 2.06 bits per heavy atom. The van der Waals surface area contributed by atoms with Gasteiger partial charge in [-0.15, -0.1) is 11.3 Å². The first kappa shape index (κ1) is 21.8. The first-order valence-corrected chi connectivity index (χ1v) is 13.2. The van der Waals surface area contributed by atoms with Crippen molar-refractivity contribution in [2.24, 2.45) is 5.10 Å². The predicted molar refractivity (Wildman–Crippen MR) is 126 cm³/mol. The zero-order chi connectivity index (χ0) is 21.7. The van der Waals surface area contributed by atoms with Gasteiger partial charge in [0.1, 0.15) is 9.77 Å². The molecular weight excluding hydrogens is 450 g/mol. The molecule has 31 heavy (non-hydrogen) atoms. The van der Waals surface area contributed by atoms with Crippen molar-refractivity contribution in [3.8, 4) is 0 Å². The monoisotopic (exact) mass is 471 g/mol. The lowest BCUT2D eigenvalue weighted by molar-refractivity contribution is 0.0956. The summed E-state index contributed by atoms with van der Waals surface area (Å²) in [4.78, 5) is 13.1. The van der Waals surface area contributed by atoms with Crippen molar-refractivity contribution in [1.82, 2.24) is 9.73 Å². The molecule has 1 aromatic heterocycles. The van der Waals surface area contributed by atoms with Crippen molar-refractivity contribution in [3.63, 3.8) is 0 Å². The number of nitrogens with zero attached hydrogens (tertiary/aromatic N) is 2. The van der Waals surface area contributed by atoms with Gasteiger partial charge in [0.25, 0.3) is 5.91 Å². The maximum Gasteiger partial charge on any atom is 0.282 e. The second kappa shape index (κ2) is 9.78. The van der Waals surface area contributed by atoms with E-state index in [1.165, 1.54) is 10.4 Å². The molecule has 1 amide bonds. The second-order valence-corrected chi connectivity index (χ2v) is 10.8. The second-order valence-electron chi connectivity index (χ2n) is 6.76. The maximum absolute atomic E-state index is 13.1. The van der Waals surface area contributed by atoms with Gasteiger partial charge in [0, 0.05) is 35.7 Å². The average Bonchev–Trinajstić information content (AvgIpc) is 3.32. The lowest BCUT2D eigenvalue weighted by Crippen LogP contribution is -2.38. The van der Waals surface area contributed by atoms with Gasteiger partial charge < -0.3 is 0 Å². The Hall–Kier alpha value is -2.46. The number of nitrogens with one attached hydrogen (secondary N) is 1. The highest BCUT2D eigenvalue weighted by Gasteiger charge is 2.31. The molecule has 2 heterocycles. The number of hydrazone groups is 1. The van der Waals surface area contributed by atoms with Crippen LogP contribution >= 0.6 is 23.1 Å². The lowest BCUT2D eigenvalue weighted by atomic mass is 10.0. The van der Waals surface area contributed by atoms with E-state index in [0.717, 1.165) is 34.0 Å². The number of thioether (sulfide) groups is 1. The highest BCUT2D eigenvalue weighted by Crippen LogP contribution is 2.27. The SMILES string of the molecule is O=C(NN=C(c1ccccc1)c1ccccc1)c1sccc1S(=O)(=O)N1CCSCC1. The third-order valence-corrected chi connectivity index (χ3v) is 8.71. The molecule has 0 bridgehead atoms. The van der Waals surface area contributed by atoms with Gasteiger partial charge in [0.15, 0.2) is 0 Å². The van der Waals surface area contributed by atoms with E-state index < -0.39 is 15.9 Å². The molecule has 1 aliphatic rings. The molecule has 4 rings (SSSR count). The summed E-state index contributed by atoms with van der Waals surface area (Å²) in [5.74, 6) is 0.976. The van der Waals surface area contributed by atoms with Crippen LogP contribution in [0.1, 0.15) is 20.8 Å². The number of thiophene rings is 1. The summed E-state index contributed by atoms with van der Waals surface area (Å²) in [6.45, 7) is 0.905. The quantitative estimate of drug-likeness (QED) is 0.440. The lowest BCUT2D eigenvalue weighted by Gasteiger charge is -2.25. The van der Waals surface area contributed by atoms with Crippen LogP contribution in [0.5, 0.6) is 0 Å². The average molecular weight is 472 g/mol. The summed E-state index contributed by atoms with van der Waals surface area (Å²) < 4.78 is 27.6. The van der Waals surface area contributed by atoms with Crippen LogP contribution in [0.4, 0.5) is 0 Å². The number of carbonyl (C=O) groups excluding carboxylic acids is 1. The number of amides is 1. The highest BCUT2D eigenvalue weighted by atomic mass is 32.2. The van der Waals surface area contributed by atoms with E-state index in [4.69, 9.17) is 0 Å². The van der Waals surface area contributed by atoms with Crippen LogP contribution in [0, 0.1) is 0 Å². The van der Waals surface area contributed by atoms with E-state index in [2.05, 4.69) is 10.5 Å². The van der Waals surface area contributed by atoms with Gasteiger partial charge in [-0.3, -0.25) is 4.79 Å². The van der Waals surface area contributed by atoms with Crippen LogP contribution in [-0.4, -0.2) is 48.9 Å². The number of sulfonamides is 1. The maximum atomic E-state index is 13.1. The zero-order valence-corrected chi connectivity index (χ0v) is 19.1. The van der Waals surface area contributed by atoms with Crippen molar-refractivity contribution in [2.75, 3.05) is 24.6 Å². The summed E-state index contributed by atoms with van der Waals surface area (Å²) in [6.07, 6.45) is 0. The molecule has 0 aliphatic carbocycles. The molecule has 0 unspecified atom stereocenters. The normalized spacial score (nSPS) is 14.7. The van der Waals surface area contributed by atoms with E-state index in [-0.39, 0.29) is 9.77 Å². The molecule has 0 radical (unpaired) electrons. The molecule has 0 spiro atoms. The zero-order valence-electron chi connectivity index (χ0n) is 16.6. The summed E-state index contributed by atoms with van der Waals surface area (Å²) in [7, 11) is -3.72. The Morgan fingerprint density at radius 2 is 1.48 bits per heavy atom. The smallest absolute Gasteiger partial charge is 0.266 e. The largest absolute Gasteiger partial charge is 0.282 e. The molecule has 0 saturated carbocycles. The van der Waals surface area contributed by atoms with Crippen LogP contribution in [0.2, 0.25) is 0 Å². The van der Waals surface area contributed by atoms with Crippen LogP contribution in [-0.2, 0) is 10.0 Å². The van der Waals surface area contributed by atoms with Gasteiger partial charge in [-0.25, -0.2) is 13.8 Å². The van der Waals surface area contributed by atoms with Gasteiger partial charge in [-0.2, -0.15) is 21.2 Å².